The van der Waals surface area contributed by atoms with Gasteiger partial charge in [-0.05, 0) is 32.1 Å². The van der Waals surface area contributed by atoms with Crippen molar-refractivity contribution >= 4 is 0 Å². The number of rotatable bonds is 5. The van der Waals surface area contributed by atoms with Gasteiger partial charge in [-0.2, -0.15) is 0 Å². The average molecular weight is 229 g/mol. The van der Waals surface area contributed by atoms with Gasteiger partial charge < -0.3 is 15.5 Å². The van der Waals surface area contributed by atoms with Crippen LogP contribution in [-0.2, 0) is 0 Å². The third-order valence-electron chi connectivity index (χ3n) is 3.79. The first-order valence-electron chi connectivity index (χ1n) is 6.52. The summed E-state index contributed by atoms with van der Waals surface area (Å²) in [5, 5.41) is 23.4. The maximum absolute atomic E-state index is 10.4. The Labute approximate surface area is 99.3 Å². The molecule has 1 fully saturated rings. The van der Waals surface area contributed by atoms with Crippen LogP contribution in [-0.4, -0.2) is 34.5 Å². The van der Waals surface area contributed by atoms with E-state index in [4.69, 9.17) is 0 Å². The Balaban J connectivity index is 2.31. The Bertz CT molecular complexity index is 218. The molecule has 1 aliphatic rings. The lowest BCUT2D eigenvalue weighted by Gasteiger charge is -2.36. The maximum atomic E-state index is 10.4. The Morgan fingerprint density at radius 3 is 2.75 bits per heavy atom. The molecule has 0 aromatic heterocycles. The standard InChI is InChI=1S/C13H27NO2/c1-4-12(3,15)9-14-10-13(16)7-5-6-11(2)8-13/h11,14-16H,4-10H2,1-3H3. The van der Waals surface area contributed by atoms with Gasteiger partial charge in [-0.25, -0.2) is 0 Å². The third kappa shape index (κ3) is 4.40. The van der Waals surface area contributed by atoms with Gasteiger partial charge in [-0.15, -0.1) is 0 Å². The lowest BCUT2D eigenvalue weighted by Crippen LogP contribution is -2.47. The van der Waals surface area contributed by atoms with Gasteiger partial charge in [0.15, 0.2) is 0 Å². The van der Waals surface area contributed by atoms with E-state index in [0.29, 0.717) is 19.0 Å². The van der Waals surface area contributed by atoms with Gasteiger partial charge in [0.1, 0.15) is 0 Å². The van der Waals surface area contributed by atoms with E-state index >= 15 is 0 Å². The van der Waals surface area contributed by atoms with E-state index in [-0.39, 0.29) is 0 Å². The van der Waals surface area contributed by atoms with Gasteiger partial charge in [-0.3, -0.25) is 0 Å². The van der Waals surface area contributed by atoms with Crippen molar-refractivity contribution in [2.24, 2.45) is 5.92 Å². The summed E-state index contributed by atoms with van der Waals surface area (Å²) in [6.45, 7) is 7.16. The number of aliphatic hydroxyl groups is 2. The van der Waals surface area contributed by atoms with Crippen LogP contribution < -0.4 is 5.32 Å². The quantitative estimate of drug-likeness (QED) is 0.672. The molecule has 1 saturated carbocycles. The Morgan fingerprint density at radius 1 is 1.50 bits per heavy atom. The van der Waals surface area contributed by atoms with Gasteiger partial charge in [0.2, 0.25) is 0 Å². The molecule has 0 aromatic rings. The Kier molecular flexibility index (Phi) is 4.77. The van der Waals surface area contributed by atoms with Crippen LogP contribution in [0.2, 0.25) is 0 Å². The first-order valence-corrected chi connectivity index (χ1v) is 6.52. The molecule has 3 atom stereocenters. The van der Waals surface area contributed by atoms with E-state index in [9.17, 15) is 10.2 Å². The second kappa shape index (κ2) is 5.48. The molecule has 0 aromatic carbocycles. The van der Waals surface area contributed by atoms with Crippen molar-refractivity contribution in [2.75, 3.05) is 13.1 Å². The highest BCUT2D eigenvalue weighted by molar-refractivity contribution is 4.88. The van der Waals surface area contributed by atoms with Gasteiger partial charge >= 0.3 is 0 Å². The SMILES string of the molecule is CCC(C)(O)CNCC1(O)CCCC(C)C1. The lowest BCUT2D eigenvalue weighted by molar-refractivity contribution is -0.0184. The molecule has 0 amide bonds. The first-order chi connectivity index (χ1) is 7.37. The van der Waals surface area contributed by atoms with Crippen molar-refractivity contribution in [3.05, 3.63) is 0 Å². The van der Waals surface area contributed by atoms with Crippen LogP contribution >= 0.6 is 0 Å². The van der Waals surface area contributed by atoms with Crippen molar-refractivity contribution in [2.45, 2.75) is 64.1 Å². The minimum Gasteiger partial charge on any atom is -0.389 e. The van der Waals surface area contributed by atoms with E-state index in [0.717, 1.165) is 25.7 Å². The highest BCUT2D eigenvalue weighted by Crippen LogP contribution is 2.31. The smallest absolute Gasteiger partial charge is 0.0774 e. The largest absolute Gasteiger partial charge is 0.389 e. The van der Waals surface area contributed by atoms with E-state index < -0.39 is 11.2 Å². The van der Waals surface area contributed by atoms with Crippen LogP contribution in [0.3, 0.4) is 0 Å². The molecule has 0 spiro atoms. The normalized spacial score (nSPS) is 34.7. The molecular formula is C13H27NO2. The fourth-order valence-corrected chi connectivity index (χ4v) is 2.48. The fraction of sp³-hybridized carbons (Fsp3) is 1.00. The molecule has 3 nitrogen and oxygen atoms in total. The number of nitrogens with one attached hydrogen (secondary N) is 1. The fourth-order valence-electron chi connectivity index (χ4n) is 2.48. The average Bonchev–Trinajstić information content (AvgIpc) is 2.16. The number of hydrogen-bond acceptors (Lipinski definition) is 3. The van der Waals surface area contributed by atoms with Gasteiger partial charge in [0.05, 0.1) is 11.2 Å². The Morgan fingerprint density at radius 2 is 2.19 bits per heavy atom. The van der Waals surface area contributed by atoms with Gasteiger partial charge in [0, 0.05) is 13.1 Å². The van der Waals surface area contributed by atoms with Crippen LogP contribution in [0.25, 0.3) is 0 Å². The summed E-state index contributed by atoms with van der Waals surface area (Å²) >= 11 is 0. The highest BCUT2D eigenvalue weighted by atomic mass is 16.3. The molecule has 3 heteroatoms. The predicted octanol–water partition coefficient (Wildman–Crippen LogP) is 1.68. The van der Waals surface area contributed by atoms with Crippen molar-refractivity contribution in [3.8, 4) is 0 Å². The molecule has 16 heavy (non-hydrogen) atoms. The zero-order valence-electron chi connectivity index (χ0n) is 10.9. The molecule has 0 aliphatic heterocycles. The monoisotopic (exact) mass is 229 g/mol. The van der Waals surface area contributed by atoms with E-state index in [1.807, 2.05) is 13.8 Å². The first kappa shape index (κ1) is 13.9. The predicted molar refractivity (Wildman–Crippen MR) is 66.4 cm³/mol. The molecule has 0 heterocycles. The Hall–Kier alpha value is -0.120. The minimum absolute atomic E-state index is 0.554. The lowest BCUT2D eigenvalue weighted by atomic mass is 9.79. The zero-order chi connectivity index (χ0) is 12.2. The highest BCUT2D eigenvalue weighted by Gasteiger charge is 2.32. The topological polar surface area (TPSA) is 52.5 Å². The molecule has 1 rings (SSSR count). The van der Waals surface area contributed by atoms with Crippen LogP contribution in [0, 0.1) is 5.92 Å². The van der Waals surface area contributed by atoms with Gasteiger partial charge in [0.25, 0.3) is 0 Å². The maximum Gasteiger partial charge on any atom is 0.0774 e. The summed E-state index contributed by atoms with van der Waals surface area (Å²) in [4.78, 5) is 0. The van der Waals surface area contributed by atoms with Crippen LogP contribution in [0.5, 0.6) is 0 Å². The van der Waals surface area contributed by atoms with Crippen LogP contribution in [0.1, 0.15) is 52.9 Å². The molecule has 3 unspecified atom stereocenters. The summed E-state index contributed by atoms with van der Waals surface area (Å²) in [5.41, 5.74) is -1.21. The van der Waals surface area contributed by atoms with E-state index in [1.54, 1.807) is 0 Å². The second-order valence-corrected chi connectivity index (χ2v) is 5.88. The third-order valence-corrected chi connectivity index (χ3v) is 3.79. The van der Waals surface area contributed by atoms with Crippen molar-refractivity contribution < 1.29 is 10.2 Å². The molecule has 0 radical (unpaired) electrons. The van der Waals surface area contributed by atoms with E-state index in [1.165, 1.54) is 6.42 Å². The van der Waals surface area contributed by atoms with Crippen LogP contribution in [0.4, 0.5) is 0 Å². The van der Waals surface area contributed by atoms with E-state index in [2.05, 4.69) is 12.2 Å². The van der Waals surface area contributed by atoms with Crippen LogP contribution in [0.15, 0.2) is 0 Å². The summed E-state index contributed by atoms with van der Waals surface area (Å²) in [5.74, 6) is 0.618. The molecule has 0 bridgehead atoms. The van der Waals surface area contributed by atoms with Gasteiger partial charge in [-0.1, -0.05) is 26.7 Å². The van der Waals surface area contributed by atoms with Crippen molar-refractivity contribution in [3.63, 3.8) is 0 Å². The summed E-state index contributed by atoms with van der Waals surface area (Å²) in [6.07, 6.45) is 4.85. The molecule has 1 aliphatic carbocycles. The van der Waals surface area contributed by atoms with Crippen molar-refractivity contribution in [1.82, 2.24) is 5.32 Å². The second-order valence-electron chi connectivity index (χ2n) is 5.88. The summed E-state index contributed by atoms with van der Waals surface area (Å²) in [6, 6.07) is 0. The molecule has 96 valence electrons. The molecule has 0 saturated heterocycles. The molecule has 3 N–H and O–H groups in total. The molecular weight excluding hydrogens is 202 g/mol. The number of hydrogen-bond donors (Lipinski definition) is 3. The zero-order valence-corrected chi connectivity index (χ0v) is 10.9. The van der Waals surface area contributed by atoms with Crippen molar-refractivity contribution in [1.29, 1.82) is 0 Å². The summed E-state index contributed by atoms with van der Waals surface area (Å²) < 4.78 is 0. The minimum atomic E-state index is -0.656. The summed E-state index contributed by atoms with van der Waals surface area (Å²) in [7, 11) is 0.